The van der Waals surface area contributed by atoms with E-state index in [1.165, 1.54) is 56.9 Å². The first-order valence-electron chi connectivity index (χ1n) is 31.4. The Morgan fingerprint density at radius 3 is 1.43 bits per heavy atom. The number of hydrogen-bond acceptors (Lipinski definition) is 19. The number of primary amides is 1. The topological polar surface area (TPSA) is 587 Å². The van der Waals surface area contributed by atoms with Gasteiger partial charge < -0.3 is 100 Å². The molecule has 1 aromatic carbocycles. The first kappa shape index (κ1) is 83.1. The van der Waals surface area contributed by atoms with E-state index in [2.05, 4.69) is 53.2 Å². The van der Waals surface area contributed by atoms with Gasteiger partial charge in [-0.15, -0.1) is 0 Å². The SMILES string of the molecule is CCC(C)C(NC(=O)C(CC(C)C)NC(=O)C(Cc1ccc(O)cc1)NC(=O)C(CCC(=O)O)NC(=O)C(CC(=O)O)NC(=O)C(C)NC(=O)C(CC(=O)O)NC(=O)C(NC(=O)C(NC(=O)C(N)CC(=O)O)C(C)C)C(C)C)C(=O)N1CCCC1C(=O)NC(CCC(N)=O)C(=O)O. The smallest absolute Gasteiger partial charge is 0.326 e. The van der Waals surface area contributed by atoms with Crippen molar-refractivity contribution in [3.63, 3.8) is 0 Å². The zero-order chi connectivity index (χ0) is 73.9. The second-order valence-electron chi connectivity index (χ2n) is 24.8. The van der Waals surface area contributed by atoms with Gasteiger partial charge in [0.2, 0.25) is 70.9 Å². The van der Waals surface area contributed by atoms with Gasteiger partial charge in [0.05, 0.1) is 25.3 Å². The fourth-order valence-corrected chi connectivity index (χ4v) is 9.92. The number of amides is 12. The van der Waals surface area contributed by atoms with Gasteiger partial charge in [-0.1, -0.05) is 73.9 Å². The van der Waals surface area contributed by atoms with Crippen molar-refractivity contribution in [2.24, 2.45) is 35.1 Å². The number of carboxylic acid groups (broad SMARTS) is 5. The molecule has 0 aliphatic carbocycles. The molecule has 0 bridgehead atoms. The highest BCUT2D eigenvalue weighted by Crippen LogP contribution is 2.23. The van der Waals surface area contributed by atoms with E-state index in [9.17, 15) is 107 Å². The maximum absolute atomic E-state index is 14.6. The number of aliphatic carboxylic acids is 5. The molecule has 0 radical (unpaired) electrons. The number of benzene rings is 1. The van der Waals surface area contributed by atoms with Crippen molar-refractivity contribution in [3.05, 3.63) is 29.8 Å². The van der Waals surface area contributed by atoms with Crippen molar-refractivity contribution < 1.29 is 112 Å². The van der Waals surface area contributed by atoms with Crippen molar-refractivity contribution in [1.82, 2.24) is 58.1 Å². The van der Waals surface area contributed by atoms with E-state index in [0.717, 1.165) is 6.92 Å². The van der Waals surface area contributed by atoms with E-state index in [-0.39, 0.29) is 49.5 Å². The molecule has 1 fully saturated rings. The van der Waals surface area contributed by atoms with Crippen LogP contribution in [0.3, 0.4) is 0 Å². The molecule has 12 amide bonds. The lowest BCUT2D eigenvalue weighted by atomic mass is 9.95. The van der Waals surface area contributed by atoms with Gasteiger partial charge in [-0.05, 0) is 80.4 Å². The summed E-state index contributed by atoms with van der Waals surface area (Å²) in [6.45, 7) is 13.8. The largest absolute Gasteiger partial charge is 0.508 e. The van der Waals surface area contributed by atoms with Gasteiger partial charge in [0.1, 0.15) is 72.2 Å². The number of nitrogens with one attached hydrogen (secondary N) is 10. The van der Waals surface area contributed by atoms with Crippen LogP contribution >= 0.6 is 0 Å². The number of nitrogens with two attached hydrogens (primary N) is 2. The van der Waals surface area contributed by atoms with Crippen molar-refractivity contribution in [1.29, 1.82) is 0 Å². The molecule has 1 aliphatic rings. The van der Waals surface area contributed by atoms with Crippen LogP contribution in [0, 0.1) is 23.7 Å². The van der Waals surface area contributed by atoms with Gasteiger partial charge in [0.25, 0.3) is 0 Å². The molecule has 97 heavy (non-hydrogen) atoms. The fraction of sp³-hybridized carbons (Fsp3) is 0.623. The fourth-order valence-electron chi connectivity index (χ4n) is 9.92. The third-order valence-electron chi connectivity index (χ3n) is 15.5. The summed E-state index contributed by atoms with van der Waals surface area (Å²) >= 11 is 0. The summed E-state index contributed by atoms with van der Waals surface area (Å²) in [5, 5.41) is 81.6. The summed E-state index contributed by atoms with van der Waals surface area (Å²) in [6, 6.07) is -14.3. The number of aromatic hydroxyl groups is 1. The molecule has 13 unspecified atom stereocenters. The third kappa shape index (κ3) is 28.4. The number of likely N-dealkylation sites (tertiary alicyclic amines) is 1. The Bertz CT molecular complexity index is 3040. The molecule has 0 aromatic heterocycles. The summed E-state index contributed by atoms with van der Waals surface area (Å²) in [6.07, 6.45) is -5.17. The molecule has 0 saturated carbocycles. The Balaban J connectivity index is 2.48. The maximum atomic E-state index is 14.6. The lowest BCUT2D eigenvalue weighted by Gasteiger charge is -2.33. The number of carbonyl (C=O) groups is 17. The van der Waals surface area contributed by atoms with Gasteiger partial charge in [-0.2, -0.15) is 0 Å². The second kappa shape index (κ2) is 39.7. The van der Waals surface area contributed by atoms with Crippen molar-refractivity contribution in [3.8, 4) is 5.75 Å². The van der Waals surface area contributed by atoms with E-state index in [0.29, 0.717) is 12.8 Å². The Morgan fingerprint density at radius 2 is 0.938 bits per heavy atom. The number of rotatable bonds is 42. The average Bonchev–Trinajstić information content (AvgIpc) is 1.77. The number of phenolic OH excluding ortho intramolecular Hbond substituents is 1. The Hall–Kier alpha value is -10.0. The van der Waals surface area contributed by atoms with E-state index in [1.54, 1.807) is 27.7 Å². The lowest BCUT2D eigenvalue weighted by molar-refractivity contribution is -0.146. The highest BCUT2D eigenvalue weighted by molar-refractivity contribution is 6.01. The number of hydrogen-bond donors (Lipinski definition) is 18. The van der Waals surface area contributed by atoms with E-state index in [4.69, 9.17) is 16.6 Å². The molecule has 20 N–H and O–H groups in total. The minimum atomic E-state index is -2.13. The molecule has 1 saturated heterocycles. The first-order chi connectivity index (χ1) is 45.2. The van der Waals surface area contributed by atoms with Crippen LogP contribution in [-0.4, -0.2) is 215 Å². The van der Waals surface area contributed by atoms with Gasteiger partial charge in [-0.3, -0.25) is 76.7 Å². The number of carboxylic acids is 5. The van der Waals surface area contributed by atoms with E-state index in [1.807, 2.05) is 0 Å². The number of nitrogens with zero attached hydrogens (tertiary/aromatic N) is 1. The highest BCUT2D eigenvalue weighted by atomic mass is 16.4. The third-order valence-corrected chi connectivity index (χ3v) is 15.5. The first-order valence-corrected chi connectivity index (χ1v) is 31.4. The van der Waals surface area contributed by atoms with Gasteiger partial charge in [-0.25, -0.2) is 4.79 Å². The van der Waals surface area contributed by atoms with Crippen molar-refractivity contribution >= 4 is 101 Å². The van der Waals surface area contributed by atoms with Crippen LogP contribution < -0.4 is 64.6 Å². The summed E-state index contributed by atoms with van der Waals surface area (Å²) < 4.78 is 0. The Morgan fingerprint density at radius 1 is 0.495 bits per heavy atom. The van der Waals surface area contributed by atoms with Crippen LogP contribution in [0.25, 0.3) is 0 Å². The van der Waals surface area contributed by atoms with Gasteiger partial charge in [0.15, 0.2) is 0 Å². The predicted octanol–water partition coefficient (Wildman–Crippen LogP) is -3.84. The molecular weight excluding hydrogens is 1280 g/mol. The minimum Gasteiger partial charge on any atom is -0.508 e. The summed E-state index contributed by atoms with van der Waals surface area (Å²) in [5.74, 6) is -23.0. The monoisotopic (exact) mass is 1380 g/mol. The van der Waals surface area contributed by atoms with E-state index < -0.39 is 230 Å². The maximum Gasteiger partial charge on any atom is 0.326 e. The minimum absolute atomic E-state index is 0.0331. The van der Waals surface area contributed by atoms with Crippen LogP contribution in [0.1, 0.15) is 139 Å². The molecule has 13 atom stereocenters. The van der Waals surface area contributed by atoms with Crippen LogP contribution in [0.2, 0.25) is 0 Å². The van der Waals surface area contributed by atoms with Crippen molar-refractivity contribution in [2.75, 3.05) is 6.54 Å². The van der Waals surface area contributed by atoms with Gasteiger partial charge >= 0.3 is 29.8 Å². The molecule has 1 aliphatic heterocycles. The second-order valence-corrected chi connectivity index (χ2v) is 24.8. The summed E-state index contributed by atoms with van der Waals surface area (Å²) in [5.41, 5.74) is 11.1. The van der Waals surface area contributed by atoms with Crippen LogP contribution in [0.4, 0.5) is 0 Å². The standard InChI is InChI=1S/C61H93N13O23/c1-10-30(8)49(60(95)74-21-11-12-41(74)57(92)66-36(61(96)97)17-19-42(63)76)73-56(91)37(22-27(2)3)68-54(89)38(23-32-13-15-33(75)16-14-32)69-52(87)35(18-20-43(77)78)65-55(90)40(26-46(83)84)67-50(85)31(9)64-53(88)39(25-45(81)82)70-58(93)47(28(4)5)72-59(94)48(29(6)7)71-51(86)34(62)24-44(79)80/h13-16,27-31,34-41,47-49,75H,10-12,17-26,62H2,1-9H3,(H2,63,76)(H,64,88)(H,65,90)(H,66,92)(H,67,85)(H,68,89)(H,69,87)(H,70,93)(H,71,86)(H,72,94)(H,73,91)(H,77,78)(H,79,80)(H,81,82)(H,83,84)(H,96,97). The quantitative estimate of drug-likeness (QED) is 0.0298. The Labute approximate surface area is 558 Å². The molecule has 540 valence electrons. The van der Waals surface area contributed by atoms with Gasteiger partial charge in [0, 0.05) is 25.8 Å². The average molecular weight is 1380 g/mol. The molecule has 2 rings (SSSR count). The lowest BCUT2D eigenvalue weighted by Crippen LogP contribution is -2.61. The van der Waals surface area contributed by atoms with E-state index >= 15 is 0 Å². The van der Waals surface area contributed by atoms with Crippen LogP contribution in [-0.2, 0) is 87.9 Å². The zero-order valence-electron chi connectivity index (χ0n) is 55.5. The summed E-state index contributed by atoms with van der Waals surface area (Å²) in [7, 11) is 0. The molecule has 36 heteroatoms. The van der Waals surface area contributed by atoms with Crippen LogP contribution in [0.15, 0.2) is 24.3 Å². The van der Waals surface area contributed by atoms with Crippen LogP contribution in [0.5, 0.6) is 5.75 Å². The Kier molecular flexibility index (Phi) is 34.0. The number of carbonyl (C=O) groups excluding carboxylic acids is 12. The zero-order valence-corrected chi connectivity index (χ0v) is 55.5. The number of phenols is 1. The molecule has 0 spiro atoms. The highest BCUT2D eigenvalue weighted by Gasteiger charge is 2.42. The molecule has 1 aromatic rings. The van der Waals surface area contributed by atoms with Crippen molar-refractivity contribution in [2.45, 2.75) is 212 Å². The normalized spacial score (nSPS) is 16.5. The molecule has 1 heterocycles. The summed E-state index contributed by atoms with van der Waals surface area (Å²) in [4.78, 5) is 224. The molecule has 36 nitrogen and oxygen atoms in total. The molecular formula is C61H93N13O23. The predicted molar refractivity (Wildman–Crippen MR) is 338 cm³/mol.